The summed E-state index contributed by atoms with van der Waals surface area (Å²) >= 11 is 7.59. The maximum Gasteiger partial charge on any atom is 0.274 e. The van der Waals surface area contributed by atoms with Crippen molar-refractivity contribution in [2.75, 3.05) is 6.61 Å². The molecule has 0 bridgehead atoms. The van der Waals surface area contributed by atoms with Crippen molar-refractivity contribution in [3.05, 3.63) is 67.9 Å². The Morgan fingerprint density at radius 3 is 2.92 bits per heavy atom. The summed E-state index contributed by atoms with van der Waals surface area (Å²) in [7, 11) is 0. The second-order valence-electron chi connectivity index (χ2n) is 5.26. The van der Waals surface area contributed by atoms with Gasteiger partial charge in [0.15, 0.2) is 4.96 Å². The molecule has 0 atom stereocenters. The van der Waals surface area contributed by atoms with Crippen molar-refractivity contribution in [1.82, 2.24) is 9.38 Å². The van der Waals surface area contributed by atoms with Gasteiger partial charge in [0, 0.05) is 0 Å². The van der Waals surface area contributed by atoms with E-state index in [2.05, 4.69) is 4.98 Å². The zero-order valence-electron chi connectivity index (χ0n) is 12.8. The highest BCUT2D eigenvalue weighted by Gasteiger charge is 2.10. The molecule has 4 nitrogen and oxygen atoms in total. The third kappa shape index (κ3) is 2.46. The number of halogens is 1. The summed E-state index contributed by atoms with van der Waals surface area (Å²) in [6, 6.07) is 13.1. The number of fused-ring (bicyclic) bond motifs is 3. The van der Waals surface area contributed by atoms with Gasteiger partial charge in [0.25, 0.3) is 5.56 Å². The smallest absolute Gasteiger partial charge is 0.274 e. The van der Waals surface area contributed by atoms with E-state index in [4.69, 9.17) is 16.3 Å². The van der Waals surface area contributed by atoms with Crippen LogP contribution >= 0.6 is 22.9 Å². The standard InChI is InChI=1S/C18H13ClN2O2S/c1-2-23-15-8-7-11(9-12(15)19)10-16-17(22)21-14-6-4-3-5-13(14)20-18(21)24-16/h3-10H,2H2,1H3/b16-10+. The van der Waals surface area contributed by atoms with Crippen molar-refractivity contribution in [1.29, 1.82) is 0 Å². The number of aromatic nitrogens is 2. The first-order valence-corrected chi connectivity index (χ1v) is 8.71. The molecule has 0 N–H and O–H groups in total. The quantitative estimate of drug-likeness (QED) is 0.564. The fourth-order valence-electron chi connectivity index (χ4n) is 2.64. The van der Waals surface area contributed by atoms with Crippen LogP contribution in [0.15, 0.2) is 47.3 Å². The third-order valence-corrected chi connectivity index (χ3v) is 4.96. The zero-order valence-corrected chi connectivity index (χ0v) is 14.4. The fraction of sp³-hybridized carbons (Fsp3) is 0.111. The molecule has 0 radical (unpaired) electrons. The molecule has 4 aromatic rings. The highest BCUT2D eigenvalue weighted by molar-refractivity contribution is 7.15. The summed E-state index contributed by atoms with van der Waals surface area (Å²) < 4.78 is 7.71. The van der Waals surface area contributed by atoms with Gasteiger partial charge in [-0.3, -0.25) is 4.79 Å². The first kappa shape index (κ1) is 15.2. The van der Waals surface area contributed by atoms with Crippen LogP contribution in [0.1, 0.15) is 12.5 Å². The minimum atomic E-state index is -0.0614. The number of imidazole rings is 1. The molecular weight excluding hydrogens is 344 g/mol. The average molecular weight is 357 g/mol. The van der Waals surface area contributed by atoms with Gasteiger partial charge in [0.1, 0.15) is 5.75 Å². The number of ether oxygens (including phenoxy) is 1. The highest BCUT2D eigenvalue weighted by Crippen LogP contribution is 2.25. The van der Waals surface area contributed by atoms with Gasteiger partial charge in [-0.15, -0.1) is 0 Å². The maximum atomic E-state index is 12.7. The molecule has 0 aliphatic carbocycles. The predicted molar refractivity (Wildman–Crippen MR) is 98.3 cm³/mol. The van der Waals surface area contributed by atoms with Crippen LogP contribution in [0.3, 0.4) is 0 Å². The molecule has 0 aliphatic rings. The number of thiazole rings is 1. The van der Waals surface area contributed by atoms with Crippen molar-refractivity contribution in [3.63, 3.8) is 0 Å². The van der Waals surface area contributed by atoms with Gasteiger partial charge in [0.2, 0.25) is 0 Å². The topological polar surface area (TPSA) is 43.6 Å². The van der Waals surface area contributed by atoms with E-state index in [1.54, 1.807) is 10.5 Å². The molecule has 0 saturated heterocycles. The lowest BCUT2D eigenvalue weighted by atomic mass is 10.2. The first-order chi connectivity index (χ1) is 11.7. The molecule has 0 aliphatic heterocycles. The Morgan fingerprint density at radius 1 is 1.29 bits per heavy atom. The van der Waals surface area contributed by atoms with Crippen LogP contribution in [-0.2, 0) is 0 Å². The zero-order chi connectivity index (χ0) is 16.7. The van der Waals surface area contributed by atoms with Gasteiger partial charge in [-0.05, 0) is 42.8 Å². The maximum absolute atomic E-state index is 12.7. The second-order valence-corrected chi connectivity index (χ2v) is 6.67. The lowest BCUT2D eigenvalue weighted by Crippen LogP contribution is -2.22. The molecule has 6 heteroatoms. The van der Waals surface area contributed by atoms with Crippen molar-refractivity contribution in [2.45, 2.75) is 6.92 Å². The number of hydrogen-bond acceptors (Lipinski definition) is 4. The summed E-state index contributed by atoms with van der Waals surface area (Å²) in [5.74, 6) is 0.644. The van der Waals surface area contributed by atoms with E-state index in [1.165, 1.54) is 11.3 Å². The summed E-state index contributed by atoms with van der Waals surface area (Å²) in [5, 5.41) is 0.532. The molecule has 120 valence electrons. The van der Waals surface area contributed by atoms with Gasteiger partial charge < -0.3 is 4.74 Å². The van der Waals surface area contributed by atoms with E-state index >= 15 is 0 Å². The number of hydrogen-bond donors (Lipinski definition) is 0. The van der Waals surface area contributed by atoms with E-state index in [0.29, 0.717) is 26.9 Å². The van der Waals surface area contributed by atoms with Gasteiger partial charge >= 0.3 is 0 Å². The molecule has 2 heterocycles. The third-order valence-electron chi connectivity index (χ3n) is 3.70. The van der Waals surface area contributed by atoms with Crippen LogP contribution in [0.5, 0.6) is 5.75 Å². The van der Waals surface area contributed by atoms with Crippen molar-refractivity contribution in [2.24, 2.45) is 0 Å². The van der Waals surface area contributed by atoms with Crippen LogP contribution in [0.4, 0.5) is 0 Å². The molecule has 0 unspecified atom stereocenters. The Kier molecular flexibility index (Phi) is 3.75. The summed E-state index contributed by atoms with van der Waals surface area (Å²) in [5.41, 5.74) is 2.46. The Hall–Kier alpha value is -2.37. The van der Waals surface area contributed by atoms with E-state index in [-0.39, 0.29) is 5.56 Å². The normalized spacial score (nSPS) is 12.3. The summed E-state index contributed by atoms with van der Waals surface area (Å²) in [4.78, 5) is 17.9. The van der Waals surface area contributed by atoms with Crippen molar-refractivity contribution in [3.8, 4) is 5.75 Å². The van der Waals surface area contributed by atoms with Crippen molar-refractivity contribution >= 4 is 45.0 Å². The molecule has 24 heavy (non-hydrogen) atoms. The van der Waals surface area contributed by atoms with E-state index < -0.39 is 0 Å². The monoisotopic (exact) mass is 356 g/mol. The van der Waals surface area contributed by atoms with Gasteiger partial charge in [0.05, 0.1) is 27.2 Å². The number of benzene rings is 2. The molecule has 0 amide bonds. The number of para-hydroxylation sites is 2. The molecule has 4 rings (SSSR count). The minimum absolute atomic E-state index is 0.0614. The highest BCUT2D eigenvalue weighted by atomic mass is 35.5. The average Bonchev–Trinajstić information content (AvgIpc) is 3.07. The fourth-order valence-corrected chi connectivity index (χ4v) is 3.87. The molecule has 0 spiro atoms. The molecular formula is C18H13ClN2O2S. The van der Waals surface area contributed by atoms with Crippen LogP contribution in [0.2, 0.25) is 5.02 Å². The van der Waals surface area contributed by atoms with E-state index in [0.717, 1.165) is 16.6 Å². The summed E-state index contributed by atoms with van der Waals surface area (Å²) in [6.07, 6.45) is 1.83. The lowest BCUT2D eigenvalue weighted by molar-refractivity contribution is 0.340. The van der Waals surface area contributed by atoms with E-state index in [1.807, 2.05) is 49.4 Å². The number of rotatable bonds is 3. The molecule has 2 aromatic carbocycles. The Bertz CT molecular complexity index is 1160. The SMILES string of the molecule is CCOc1ccc(/C=c2/sc3nc4ccccc4n3c2=O)cc1Cl. The predicted octanol–water partition coefficient (Wildman–Crippen LogP) is 3.51. The molecule has 2 aromatic heterocycles. The first-order valence-electron chi connectivity index (χ1n) is 7.51. The van der Waals surface area contributed by atoms with Gasteiger partial charge in [-0.2, -0.15) is 0 Å². The van der Waals surface area contributed by atoms with Crippen LogP contribution in [0, 0.1) is 0 Å². The minimum Gasteiger partial charge on any atom is -0.492 e. The van der Waals surface area contributed by atoms with Crippen LogP contribution in [0.25, 0.3) is 22.1 Å². The van der Waals surface area contributed by atoms with Gasteiger partial charge in [-0.25, -0.2) is 9.38 Å². The Morgan fingerprint density at radius 2 is 2.12 bits per heavy atom. The van der Waals surface area contributed by atoms with Crippen molar-refractivity contribution < 1.29 is 4.74 Å². The Balaban J connectivity index is 1.87. The molecule has 0 fully saturated rings. The summed E-state index contributed by atoms with van der Waals surface area (Å²) in [6.45, 7) is 2.47. The Labute approximate surface area is 146 Å². The van der Waals surface area contributed by atoms with E-state index in [9.17, 15) is 4.79 Å². The second kappa shape index (κ2) is 5.92. The van der Waals surface area contributed by atoms with Crippen LogP contribution in [-0.4, -0.2) is 16.0 Å². The largest absolute Gasteiger partial charge is 0.492 e. The van der Waals surface area contributed by atoms with Gasteiger partial charge in [-0.1, -0.05) is 41.1 Å². The van der Waals surface area contributed by atoms with Crippen LogP contribution < -0.4 is 14.8 Å². The lowest BCUT2D eigenvalue weighted by Gasteiger charge is -2.05. The number of nitrogens with zero attached hydrogens (tertiary/aromatic N) is 2. The molecule has 0 saturated carbocycles.